The van der Waals surface area contributed by atoms with Crippen LogP contribution in [0.1, 0.15) is 30.1 Å². The second-order valence-corrected chi connectivity index (χ2v) is 4.56. The van der Waals surface area contributed by atoms with Gasteiger partial charge in [0, 0.05) is 18.2 Å². The van der Waals surface area contributed by atoms with Gasteiger partial charge in [-0.2, -0.15) is 0 Å². The van der Waals surface area contributed by atoms with E-state index in [4.69, 9.17) is 10.8 Å². The first-order valence-electron chi connectivity index (χ1n) is 6.41. The molecular weight excluding hydrogens is 278 g/mol. The van der Waals surface area contributed by atoms with Gasteiger partial charge in [-0.15, -0.1) is 0 Å². The number of nitro groups is 1. The lowest BCUT2D eigenvalue weighted by Crippen LogP contribution is -2.23. The van der Waals surface area contributed by atoms with Crippen molar-refractivity contribution in [2.75, 3.05) is 11.9 Å². The maximum Gasteiger partial charge on any atom is 0.308 e. The third-order valence-electron chi connectivity index (χ3n) is 3.00. The SMILES string of the molecule is CCCC(CNc1ccc(C(N)=O)cc1[N+](=O)[O-])C(=O)O. The maximum absolute atomic E-state index is 11.0. The average molecular weight is 295 g/mol. The summed E-state index contributed by atoms with van der Waals surface area (Å²) in [5.74, 6) is -2.36. The van der Waals surface area contributed by atoms with E-state index in [0.29, 0.717) is 12.8 Å². The summed E-state index contributed by atoms with van der Waals surface area (Å²) in [4.78, 5) is 32.4. The highest BCUT2D eigenvalue weighted by Crippen LogP contribution is 2.26. The number of nitro benzene ring substituents is 1. The smallest absolute Gasteiger partial charge is 0.308 e. The quantitative estimate of drug-likeness (QED) is 0.492. The zero-order chi connectivity index (χ0) is 16.0. The number of aliphatic carboxylic acids is 1. The van der Waals surface area contributed by atoms with E-state index in [-0.39, 0.29) is 23.5 Å². The van der Waals surface area contributed by atoms with Gasteiger partial charge in [-0.3, -0.25) is 19.7 Å². The third-order valence-corrected chi connectivity index (χ3v) is 3.00. The van der Waals surface area contributed by atoms with Crippen LogP contribution in [-0.2, 0) is 4.79 Å². The Kier molecular flexibility index (Phi) is 5.65. The average Bonchev–Trinajstić information content (AvgIpc) is 2.42. The van der Waals surface area contributed by atoms with Crippen molar-refractivity contribution in [3.63, 3.8) is 0 Å². The summed E-state index contributed by atoms with van der Waals surface area (Å²) in [6, 6.07) is 3.77. The highest BCUT2D eigenvalue weighted by atomic mass is 16.6. The fourth-order valence-corrected chi connectivity index (χ4v) is 1.88. The standard InChI is InChI=1S/C13H17N3O5/c1-2-3-9(13(18)19)7-15-10-5-4-8(12(14)17)6-11(10)16(20)21/h4-6,9,15H,2-3,7H2,1H3,(H2,14,17)(H,18,19). The molecule has 1 unspecified atom stereocenters. The molecule has 1 atom stereocenters. The second-order valence-electron chi connectivity index (χ2n) is 4.56. The van der Waals surface area contributed by atoms with Gasteiger partial charge in [0.2, 0.25) is 5.91 Å². The fourth-order valence-electron chi connectivity index (χ4n) is 1.88. The molecule has 8 heteroatoms. The molecule has 0 fully saturated rings. The first kappa shape index (κ1) is 16.4. The number of primary amides is 1. The Morgan fingerprint density at radius 1 is 1.48 bits per heavy atom. The fraction of sp³-hybridized carbons (Fsp3) is 0.385. The van der Waals surface area contributed by atoms with E-state index in [2.05, 4.69) is 5.32 Å². The number of benzene rings is 1. The lowest BCUT2D eigenvalue weighted by atomic mass is 10.0. The van der Waals surface area contributed by atoms with E-state index in [1.807, 2.05) is 6.92 Å². The van der Waals surface area contributed by atoms with Crippen molar-refractivity contribution in [2.24, 2.45) is 11.7 Å². The van der Waals surface area contributed by atoms with Gasteiger partial charge in [-0.1, -0.05) is 13.3 Å². The molecular formula is C13H17N3O5. The number of nitrogens with zero attached hydrogens (tertiary/aromatic N) is 1. The Bertz CT molecular complexity index is 559. The van der Waals surface area contributed by atoms with Crippen LogP contribution in [0.15, 0.2) is 18.2 Å². The van der Waals surface area contributed by atoms with Crippen LogP contribution in [-0.4, -0.2) is 28.5 Å². The molecule has 0 heterocycles. The molecule has 114 valence electrons. The minimum atomic E-state index is -0.958. The molecule has 0 aromatic heterocycles. The van der Waals surface area contributed by atoms with E-state index in [0.717, 1.165) is 6.07 Å². The van der Waals surface area contributed by atoms with Crippen molar-refractivity contribution >= 4 is 23.3 Å². The predicted octanol–water partition coefficient (Wildman–Crippen LogP) is 1.61. The molecule has 4 N–H and O–H groups in total. The summed E-state index contributed by atoms with van der Waals surface area (Å²) in [6.45, 7) is 1.93. The minimum absolute atomic E-state index is 0.0237. The topological polar surface area (TPSA) is 136 Å². The highest BCUT2D eigenvalue weighted by molar-refractivity contribution is 5.94. The summed E-state index contributed by atoms with van der Waals surface area (Å²) >= 11 is 0. The number of rotatable bonds is 8. The second kappa shape index (κ2) is 7.22. The number of anilines is 1. The number of hydrogen-bond donors (Lipinski definition) is 3. The minimum Gasteiger partial charge on any atom is -0.481 e. The normalized spacial score (nSPS) is 11.7. The van der Waals surface area contributed by atoms with Crippen molar-refractivity contribution < 1.29 is 19.6 Å². The molecule has 0 spiro atoms. The molecule has 0 aliphatic heterocycles. The lowest BCUT2D eigenvalue weighted by Gasteiger charge is -2.13. The van der Waals surface area contributed by atoms with Crippen LogP contribution < -0.4 is 11.1 Å². The summed E-state index contributed by atoms with van der Waals surface area (Å²) in [5.41, 5.74) is 4.94. The molecule has 0 saturated heterocycles. The molecule has 1 rings (SSSR count). The number of amides is 1. The van der Waals surface area contributed by atoms with Crippen molar-refractivity contribution in [3.8, 4) is 0 Å². The molecule has 1 amide bonds. The zero-order valence-electron chi connectivity index (χ0n) is 11.5. The van der Waals surface area contributed by atoms with E-state index in [9.17, 15) is 19.7 Å². The first-order chi connectivity index (χ1) is 9.86. The van der Waals surface area contributed by atoms with Crippen LogP contribution in [0.5, 0.6) is 0 Å². The number of carbonyl (C=O) groups is 2. The number of carboxylic acids is 1. The van der Waals surface area contributed by atoms with Crippen LogP contribution in [0.2, 0.25) is 0 Å². The van der Waals surface area contributed by atoms with Crippen LogP contribution in [0, 0.1) is 16.0 Å². The molecule has 1 aromatic rings. The number of nitrogens with two attached hydrogens (primary N) is 1. The Labute approximate surface area is 121 Å². The van der Waals surface area contributed by atoms with E-state index >= 15 is 0 Å². The number of carbonyl (C=O) groups excluding carboxylic acids is 1. The molecule has 0 radical (unpaired) electrons. The van der Waals surface area contributed by atoms with Gasteiger partial charge in [0.15, 0.2) is 0 Å². The number of hydrogen-bond acceptors (Lipinski definition) is 5. The molecule has 0 aliphatic carbocycles. The van der Waals surface area contributed by atoms with Crippen LogP contribution >= 0.6 is 0 Å². The summed E-state index contributed by atoms with van der Waals surface area (Å²) in [5, 5.41) is 22.8. The Balaban J connectivity index is 2.94. The maximum atomic E-state index is 11.0. The van der Waals surface area contributed by atoms with Crippen molar-refractivity contribution in [3.05, 3.63) is 33.9 Å². The molecule has 21 heavy (non-hydrogen) atoms. The van der Waals surface area contributed by atoms with Gasteiger partial charge in [0.1, 0.15) is 5.69 Å². The van der Waals surface area contributed by atoms with Crippen molar-refractivity contribution in [1.82, 2.24) is 0 Å². The Hall–Kier alpha value is -2.64. The van der Waals surface area contributed by atoms with E-state index < -0.39 is 22.7 Å². The van der Waals surface area contributed by atoms with Gasteiger partial charge in [-0.25, -0.2) is 0 Å². The molecule has 0 saturated carbocycles. The van der Waals surface area contributed by atoms with Crippen molar-refractivity contribution in [1.29, 1.82) is 0 Å². The monoisotopic (exact) mass is 295 g/mol. The van der Waals surface area contributed by atoms with Crippen molar-refractivity contribution in [2.45, 2.75) is 19.8 Å². The van der Waals surface area contributed by atoms with E-state index in [1.165, 1.54) is 12.1 Å². The Morgan fingerprint density at radius 2 is 2.14 bits per heavy atom. The summed E-state index contributed by atoms with van der Waals surface area (Å²) in [6.07, 6.45) is 1.16. The molecule has 0 bridgehead atoms. The zero-order valence-corrected chi connectivity index (χ0v) is 11.5. The lowest BCUT2D eigenvalue weighted by molar-refractivity contribution is -0.384. The Morgan fingerprint density at radius 3 is 2.62 bits per heavy atom. The van der Waals surface area contributed by atoms with Crippen LogP contribution in [0.4, 0.5) is 11.4 Å². The van der Waals surface area contributed by atoms with Gasteiger partial charge in [-0.05, 0) is 18.6 Å². The third kappa shape index (κ3) is 4.44. The first-order valence-corrected chi connectivity index (χ1v) is 6.41. The van der Waals surface area contributed by atoms with E-state index in [1.54, 1.807) is 0 Å². The van der Waals surface area contributed by atoms with Gasteiger partial charge < -0.3 is 16.2 Å². The largest absolute Gasteiger partial charge is 0.481 e. The molecule has 0 aliphatic rings. The van der Waals surface area contributed by atoms with Crippen LogP contribution in [0.3, 0.4) is 0 Å². The molecule has 1 aromatic carbocycles. The van der Waals surface area contributed by atoms with Gasteiger partial charge in [0.05, 0.1) is 10.8 Å². The number of nitrogens with one attached hydrogen (secondary N) is 1. The predicted molar refractivity (Wildman–Crippen MR) is 76.1 cm³/mol. The highest BCUT2D eigenvalue weighted by Gasteiger charge is 2.20. The molecule has 8 nitrogen and oxygen atoms in total. The van der Waals surface area contributed by atoms with Gasteiger partial charge in [0.25, 0.3) is 5.69 Å². The summed E-state index contributed by atoms with van der Waals surface area (Å²) in [7, 11) is 0. The van der Waals surface area contributed by atoms with Gasteiger partial charge >= 0.3 is 5.97 Å². The number of carboxylic acid groups (broad SMARTS) is 1. The van der Waals surface area contributed by atoms with Crippen LogP contribution in [0.25, 0.3) is 0 Å². The summed E-state index contributed by atoms with van der Waals surface area (Å²) < 4.78 is 0.